The van der Waals surface area contributed by atoms with Gasteiger partial charge in [-0.25, -0.2) is 4.79 Å². The van der Waals surface area contributed by atoms with E-state index in [0.717, 1.165) is 38.5 Å². The molecule has 0 bridgehead atoms. The first-order chi connectivity index (χ1) is 10.2. The number of carbonyl (C=O) groups excluding carboxylic acids is 1. The van der Waals surface area contributed by atoms with Gasteiger partial charge in [-0.15, -0.1) is 0 Å². The zero-order valence-electron chi connectivity index (χ0n) is 13.5. The first-order valence-corrected chi connectivity index (χ1v) is 7.96. The predicted octanol–water partition coefficient (Wildman–Crippen LogP) is 4.33. The third kappa shape index (κ3) is 14.9. The van der Waals surface area contributed by atoms with E-state index in [1.807, 2.05) is 24.3 Å². The number of aliphatic hydroxyl groups is 1. The summed E-state index contributed by atoms with van der Waals surface area (Å²) >= 11 is 0. The van der Waals surface area contributed by atoms with Crippen LogP contribution in [-0.2, 0) is 9.53 Å². The van der Waals surface area contributed by atoms with Crippen molar-refractivity contribution >= 4 is 5.97 Å². The van der Waals surface area contributed by atoms with E-state index in [1.54, 1.807) is 0 Å². The lowest BCUT2D eigenvalue weighted by Gasteiger charge is -2.03. The topological polar surface area (TPSA) is 46.5 Å². The Morgan fingerprint density at radius 3 is 2.48 bits per heavy atom. The summed E-state index contributed by atoms with van der Waals surface area (Å²) in [6, 6.07) is 0. The zero-order chi connectivity index (χ0) is 15.8. The van der Waals surface area contributed by atoms with Gasteiger partial charge in [0.15, 0.2) is 0 Å². The highest BCUT2D eigenvalue weighted by molar-refractivity contribution is 5.81. The van der Waals surface area contributed by atoms with E-state index in [-0.39, 0.29) is 12.1 Å². The molecule has 0 rings (SSSR count). The standard InChI is InChI=1S/C18H30O3/c1-3-4-11-14-17(19)15-12-9-7-5-6-8-10-13-16-18(20)21-2/h7,9,12-13,15-17,19H,3-6,8,10-11,14H2,1-2H3/b9-7-,15-12+,16-13-/t17-/m0/s1. The average Bonchev–Trinajstić information content (AvgIpc) is 2.49. The summed E-state index contributed by atoms with van der Waals surface area (Å²) in [6.07, 6.45) is 19.3. The van der Waals surface area contributed by atoms with E-state index in [9.17, 15) is 9.90 Å². The number of hydrogen-bond donors (Lipinski definition) is 1. The number of carbonyl (C=O) groups is 1. The van der Waals surface area contributed by atoms with Gasteiger partial charge in [0, 0.05) is 6.08 Å². The summed E-state index contributed by atoms with van der Waals surface area (Å²) in [4.78, 5) is 10.8. The first kappa shape index (κ1) is 19.7. The molecule has 0 aromatic rings. The second kappa shape index (κ2) is 15.0. The molecule has 0 aliphatic rings. The Balaban J connectivity index is 3.51. The van der Waals surface area contributed by atoms with Gasteiger partial charge >= 0.3 is 5.97 Å². The van der Waals surface area contributed by atoms with E-state index in [0.29, 0.717) is 0 Å². The number of allylic oxidation sites excluding steroid dienone is 4. The third-order valence-corrected chi connectivity index (χ3v) is 3.13. The van der Waals surface area contributed by atoms with Crippen molar-refractivity contribution < 1.29 is 14.6 Å². The van der Waals surface area contributed by atoms with Crippen molar-refractivity contribution in [1.29, 1.82) is 0 Å². The monoisotopic (exact) mass is 294 g/mol. The third-order valence-electron chi connectivity index (χ3n) is 3.13. The van der Waals surface area contributed by atoms with Crippen molar-refractivity contribution in [3.8, 4) is 0 Å². The lowest BCUT2D eigenvalue weighted by atomic mass is 10.1. The summed E-state index contributed by atoms with van der Waals surface area (Å²) in [6.45, 7) is 2.16. The van der Waals surface area contributed by atoms with Crippen LogP contribution in [-0.4, -0.2) is 24.3 Å². The Bertz CT molecular complexity index is 329. The summed E-state index contributed by atoms with van der Waals surface area (Å²) in [5, 5.41) is 9.67. The van der Waals surface area contributed by atoms with E-state index in [1.165, 1.54) is 26.0 Å². The van der Waals surface area contributed by atoms with Crippen molar-refractivity contribution in [3.63, 3.8) is 0 Å². The molecular weight excluding hydrogens is 264 g/mol. The SMILES string of the molecule is CCCCC[C@H](O)/C=C/C=C\CCCC/C=C\C(=O)OC. The minimum absolute atomic E-state index is 0.294. The maximum absolute atomic E-state index is 10.8. The van der Waals surface area contributed by atoms with Crippen molar-refractivity contribution in [2.75, 3.05) is 7.11 Å². The van der Waals surface area contributed by atoms with Gasteiger partial charge in [-0.2, -0.15) is 0 Å². The highest BCUT2D eigenvalue weighted by Crippen LogP contribution is 2.05. The fraction of sp³-hybridized carbons (Fsp3) is 0.611. The van der Waals surface area contributed by atoms with E-state index in [4.69, 9.17) is 0 Å². The average molecular weight is 294 g/mol. The molecule has 120 valence electrons. The van der Waals surface area contributed by atoms with Gasteiger partial charge in [-0.05, 0) is 32.1 Å². The van der Waals surface area contributed by atoms with Crippen LogP contribution in [0.1, 0.15) is 58.3 Å². The summed E-state index contributed by atoms with van der Waals surface area (Å²) in [5.41, 5.74) is 0. The molecule has 1 N–H and O–H groups in total. The van der Waals surface area contributed by atoms with Crippen molar-refractivity contribution in [3.05, 3.63) is 36.5 Å². The van der Waals surface area contributed by atoms with Crippen LogP contribution in [0.3, 0.4) is 0 Å². The molecule has 0 aliphatic carbocycles. The largest absolute Gasteiger partial charge is 0.466 e. The number of unbranched alkanes of at least 4 members (excludes halogenated alkanes) is 5. The Morgan fingerprint density at radius 2 is 1.81 bits per heavy atom. The van der Waals surface area contributed by atoms with Crippen molar-refractivity contribution in [1.82, 2.24) is 0 Å². The minimum Gasteiger partial charge on any atom is -0.466 e. The molecule has 0 amide bonds. The van der Waals surface area contributed by atoms with Crippen molar-refractivity contribution in [2.45, 2.75) is 64.4 Å². The zero-order valence-corrected chi connectivity index (χ0v) is 13.5. The number of hydrogen-bond acceptors (Lipinski definition) is 3. The summed E-state index contributed by atoms with van der Waals surface area (Å²) in [5.74, 6) is -0.294. The molecule has 0 aromatic carbocycles. The lowest BCUT2D eigenvalue weighted by molar-refractivity contribution is -0.134. The smallest absolute Gasteiger partial charge is 0.330 e. The Kier molecular flexibility index (Phi) is 14.1. The molecule has 0 aliphatic heterocycles. The molecule has 0 aromatic heterocycles. The van der Waals surface area contributed by atoms with Gasteiger partial charge < -0.3 is 9.84 Å². The van der Waals surface area contributed by atoms with Crippen LogP contribution < -0.4 is 0 Å². The van der Waals surface area contributed by atoms with Crippen LogP contribution in [0.4, 0.5) is 0 Å². The number of ether oxygens (including phenoxy) is 1. The van der Waals surface area contributed by atoms with E-state index in [2.05, 4.69) is 17.7 Å². The molecule has 0 saturated heterocycles. The van der Waals surface area contributed by atoms with Crippen LogP contribution >= 0.6 is 0 Å². The molecule has 0 radical (unpaired) electrons. The second-order valence-corrected chi connectivity index (χ2v) is 5.09. The van der Waals surface area contributed by atoms with Crippen LogP contribution in [0, 0.1) is 0 Å². The number of aliphatic hydroxyl groups excluding tert-OH is 1. The summed E-state index contributed by atoms with van der Waals surface area (Å²) in [7, 11) is 1.38. The molecule has 0 spiro atoms. The Hall–Kier alpha value is -1.35. The fourth-order valence-electron chi connectivity index (χ4n) is 1.84. The molecule has 0 fully saturated rings. The van der Waals surface area contributed by atoms with Gasteiger partial charge in [0.05, 0.1) is 13.2 Å². The lowest BCUT2D eigenvalue weighted by Crippen LogP contribution is -2.00. The normalized spacial score (nSPS) is 13.5. The molecule has 0 unspecified atom stereocenters. The molecular formula is C18H30O3. The van der Waals surface area contributed by atoms with Crippen LogP contribution in [0.2, 0.25) is 0 Å². The Labute approximate surface area is 129 Å². The van der Waals surface area contributed by atoms with Gasteiger partial charge in [0.25, 0.3) is 0 Å². The van der Waals surface area contributed by atoms with Gasteiger partial charge in [-0.1, -0.05) is 56.6 Å². The minimum atomic E-state index is -0.315. The van der Waals surface area contributed by atoms with Gasteiger partial charge in [-0.3, -0.25) is 0 Å². The van der Waals surface area contributed by atoms with Crippen LogP contribution in [0.25, 0.3) is 0 Å². The molecule has 3 heteroatoms. The maximum atomic E-state index is 10.8. The Morgan fingerprint density at radius 1 is 1.10 bits per heavy atom. The molecule has 1 atom stereocenters. The number of rotatable bonds is 12. The van der Waals surface area contributed by atoms with Gasteiger partial charge in [0.1, 0.15) is 0 Å². The van der Waals surface area contributed by atoms with Gasteiger partial charge in [0.2, 0.25) is 0 Å². The maximum Gasteiger partial charge on any atom is 0.330 e. The molecule has 21 heavy (non-hydrogen) atoms. The number of esters is 1. The fourth-order valence-corrected chi connectivity index (χ4v) is 1.84. The van der Waals surface area contributed by atoms with Crippen molar-refractivity contribution in [2.24, 2.45) is 0 Å². The van der Waals surface area contributed by atoms with Crippen LogP contribution in [0.5, 0.6) is 0 Å². The molecule has 3 nitrogen and oxygen atoms in total. The molecule has 0 heterocycles. The predicted molar refractivity (Wildman–Crippen MR) is 88.1 cm³/mol. The first-order valence-electron chi connectivity index (χ1n) is 7.96. The highest BCUT2D eigenvalue weighted by atomic mass is 16.5. The van der Waals surface area contributed by atoms with Crippen LogP contribution in [0.15, 0.2) is 36.5 Å². The summed E-state index contributed by atoms with van der Waals surface area (Å²) < 4.78 is 4.51. The van der Waals surface area contributed by atoms with E-state index >= 15 is 0 Å². The van der Waals surface area contributed by atoms with E-state index < -0.39 is 0 Å². The quantitative estimate of drug-likeness (QED) is 0.252. The highest BCUT2D eigenvalue weighted by Gasteiger charge is 1.96. The number of methoxy groups -OCH3 is 1. The second-order valence-electron chi connectivity index (χ2n) is 5.09. The molecule has 0 saturated carbocycles.